The topological polar surface area (TPSA) is 15.6 Å². The number of fused-ring (bicyclic) bond motifs is 1. The van der Waals surface area contributed by atoms with Gasteiger partial charge in [-0.25, -0.2) is 0 Å². The van der Waals surface area contributed by atoms with Gasteiger partial charge in [-0.3, -0.25) is 4.99 Å². The third-order valence-electron chi connectivity index (χ3n) is 4.43. The quantitative estimate of drug-likeness (QED) is 0.645. The van der Waals surface area contributed by atoms with Gasteiger partial charge in [-0.05, 0) is 68.3 Å². The minimum Gasteiger partial charge on any atom is -0.366 e. The number of halogens is 1. The first kappa shape index (κ1) is 15.8. The Morgan fingerprint density at radius 2 is 1.78 bits per heavy atom. The molecule has 0 atom stereocenters. The van der Waals surface area contributed by atoms with Crippen LogP contribution in [0.15, 0.2) is 53.5 Å². The number of aliphatic imine (C=N–C) groups is 1. The third-order valence-corrected chi connectivity index (χ3v) is 4.68. The van der Waals surface area contributed by atoms with Crippen molar-refractivity contribution in [2.24, 2.45) is 4.99 Å². The zero-order chi connectivity index (χ0) is 16.6. The van der Waals surface area contributed by atoms with Crippen LogP contribution >= 0.6 is 11.6 Å². The lowest BCUT2D eigenvalue weighted by atomic mass is 9.89. The minimum atomic E-state index is 0.0377. The van der Waals surface area contributed by atoms with Crippen LogP contribution in [0.1, 0.15) is 31.9 Å². The van der Waals surface area contributed by atoms with Crippen molar-refractivity contribution in [3.63, 3.8) is 0 Å². The van der Waals surface area contributed by atoms with Gasteiger partial charge in [0.25, 0.3) is 0 Å². The minimum absolute atomic E-state index is 0.0377. The lowest BCUT2D eigenvalue weighted by Gasteiger charge is -2.40. The highest BCUT2D eigenvalue weighted by atomic mass is 35.5. The molecule has 3 rings (SSSR count). The van der Waals surface area contributed by atoms with Crippen molar-refractivity contribution in [1.82, 2.24) is 0 Å². The van der Waals surface area contributed by atoms with Gasteiger partial charge in [0.2, 0.25) is 0 Å². The van der Waals surface area contributed by atoms with E-state index in [9.17, 15) is 0 Å². The van der Waals surface area contributed by atoms with E-state index in [0.717, 1.165) is 16.3 Å². The summed E-state index contributed by atoms with van der Waals surface area (Å²) < 4.78 is 0. The van der Waals surface area contributed by atoms with E-state index in [1.54, 1.807) is 0 Å². The van der Waals surface area contributed by atoms with E-state index in [2.05, 4.69) is 62.0 Å². The fourth-order valence-electron chi connectivity index (χ4n) is 2.93. The molecule has 0 radical (unpaired) electrons. The molecule has 0 amide bonds. The van der Waals surface area contributed by atoms with Crippen molar-refractivity contribution in [1.29, 1.82) is 0 Å². The Balaban J connectivity index is 1.93. The van der Waals surface area contributed by atoms with Crippen LogP contribution in [0.3, 0.4) is 0 Å². The van der Waals surface area contributed by atoms with Gasteiger partial charge < -0.3 is 4.90 Å². The third kappa shape index (κ3) is 3.18. The zero-order valence-corrected chi connectivity index (χ0v) is 14.7. The molecule has 0 aliphatic carbocycles. The molecule has 23 heavy (non-hydrogen) atoms. The molecule has 2 aromatic rings. The predicted molar refractivity (Wildman–Crippen MR) is 101 cm³/mol. The molecule has 3 heteroatoms. The average Bonchev–Trinajstić information content (AvgIpc) is 2.52. The van der Waals surface area contributed by atoms with E-state index in [-0.39, 0.29) is 5.54 Å². The van der Waals surface area contributed by atoms with Gasteiger partial charge in [-0.15, -0.1) is 0 Å². The molecule has 0 unspecified atom stereocenters. The first-order valence-corrected chi connectivity index (χ1v) is 8.12. The van der Waals surface area contributed by atoms with E-state index < -0.39 is 0 Å². The molecule has 1 heterocycles. The highest BCUT2D eigenvalue weighted by Crippen LogP contribution is 2.37. The molecule has 0 aromatic heterocycles. The second-order valence-corrected chi connectivity index (χ2v) is 6.99. The lowest BCUT2D eigenvalue weighted by molar-refractivity contribution is 0.598. The lowest BCUT2D eigenvalue weighted by Crippen LogP contribution is -2.42. The molecular formula is C20H21ClN2. The number of likely N-dealkylation sites (N-methyl/N-ethyl adjacent to an activating group) is 1. The van der Waals surface area contributed by atoms with Crippen LogP contribution in [0.5, 0.6) is 0 Å². The van der Waals surface area contributed by atoms with Gasteiger partial charge in [0, 0.05) is 29.5 Å². The number of hydrogen-bond acceptors (Lipinski definition) is 2. The Bertz CT molecular complexity index is 786. The number of anilines is 1. The standard InChI is InChI=1S/C20H21ClN2/c1-14-12-20(2,3)23(4)19-10-5-15(11-18(14)19)13-22-17-8-6-16(21)7-9-17/h5-13H,1-4H3. The summed E-state index contributed by atoms with van der Waals surface area (Å²) in [7, 11) is 2.14. The second-order valence-electron chi connectivity index (χ2n) is 6.55. The van der Waals surface area contributed by atoms with Crippen molar-refractivity contribution in [3.05, 3.63) is 64.7 Å². The molecular weight excluding hydrogens is 304 g/mol. The Labute approximate surface area is 143 Å². The highest BCUT2D eigenvalue weighted by molar-refractivity contribution is 6.30. The molecule has 1 aliphatic heterocycles. The largest absolute Gasteiger partial charge is 0.366 e. The van der Waals surface area contributed by atoms with Gasteiger partial charge in [0.15, 0.2) is 0 Å². The highest BCUT2D eigenvalue weighted by Gasteiger charge is 2.28. The molecule has 0 saturated heterocycles. The van der Waals surface area contributed by atoms with Crippen LogP contribution < -0.4 is 4.90 Å². The molecule has 2 nitrogen and oxygen atoms in total. The first-order chi connectivity index (χ1) is 10.9. The monoisotopic (exact) mass is 324 g/mol. The Hall–Kier alpha value is -2.06. The normalized spacial score (nSPS) is 16.4. The average molecular weight is 325 g/mol. The molecule has 0 saturated carbocycles. The molecule has 0 N–H and O–H groups in total. The summed E-state index contributed by atoms with van der Waals surface area (Å²) in [6.45, 7) is 6.64. The molecule has 0 spiro atoms. The van der Waals surface area contributed by atoms with Gasteiger partial charge in [0.1, 0.15) is 0 Å². The van der Waals surface area contributed by atoms with E-state index in [1.165, 1.54) is 16.8 Å². The summed E-state index contributed by atoms with van der Waals surface area (Å²) >= 11 is 5.90. The summed E-state index contributed by atoms with van der Waals surface area (Å²) in [6, 6.07) is 14.0. The number of benzene rings is 2. The summed E-state index contributed by atoms with van der Waals surface area (Å²) in [5.41, 5.74) is 5.88. The number of hydrogen-bond donors (Lipinski definition) is 0. The smallest absolute Gasteiger partial charge is 0.0630 e. The van der Waals surface area contributed by atoms with Gasteiger partial charge in [0.05, 0.1) is 11.2 Å². The SMILES string of the molecule is CC1=CC(C)(C)N(C)c2ccc(C=Nc3ccc(Cl)cc3)cc21. The first-order valence-electron chi connectivity index (χ1n) is 7.74. The molecule has 0 fully saturated rings. The van der Waals surface area contributed by atoms with E-state index in [4.69, 9.17) is 11.6 Å². The van der Waals surface area contributed by atoms with Crippen LogP contribution in [0, 0.1) is 0 Å². The molecule has 2 aromatic carbocycles. The maximum Gasteiger partial charge on any atom is 0.0630 e. The van der Waals surface area contributed by atoms with Crippen LogP contribution in [0.4, 0.5) is 11.4 Å². The van der Waals surface area contributed by atoms with Crippen molar-refractivity contribution in [2.75, 3.05) is 11.9 Å². The van der Waals surface area contributed by atoms with Gasteiger partial charge in [-0.1, -0.05) is 23.7 Å². The Morgan fingerprint density at radius 3 is 2.48 bits per heavy atom. The van der Waals surface area contributed by atoms with E-state index >= 15 is 0 Å². The van der Waals surface area contributed by atoms with Crippen LogP contribution in [-0.2, 0) is 0 Å². The summed E-state index contributed by atoms with van der Waals surface area (Å²) in [5.74, 6) is 0. The second kappa shape index (κ2) is 5.86. The van der Waals surface area contributed by atoms with Crippen LogP contribution in [0.25, 0.3) is 5.57 Å². The number of nitrogens with zero attached hydrogens (tertiary/aromatic N) is 2. The Morgan fingerprint density at radius 1 is 1.09 bits per heavy atom. The summed E-state index contributed by atoms with van der Waals surface area (Å²) in [5, 5.41) is 0.726. The molecule has 1 aliphatic rings. The number of allylic oxidation sites excluding steroid dienone is 1. The molecule has 118 valence electrons. The van der Waals surface area contributed by atoms with Crippen molar-refractivity contribution in [2.45, 2.75) is 26.3 Å². The van der Waals surface area contributed by atoms with Crippen LogP contribution in [0.2, 0.25) is 5.02 Å². The van der Waals surface area contributed by atoms with Crippen molar-refractivity contribution >= 4 is 34.8 Å². The Kier molecular flexibility index (Phi) is 4.03. The molecule has 0 bridgehead atoms. The predicted octanol–water partition coefficient (Wildman–Crippen LogP) is 5.72. The maximum atomic E-state index is 5.90. The van der Waals surface area contributed by atoms with Crippen LogP contribution in [-0.4, -0.2) is 18.8 Å². The van der Waals surface area contributed by atoms with Gasteiger partial charge >= 0.3 is 0 Å². The van der Waals surface area contributed by atoms with Crippen molar-refractivity contribution in [3.8, 4) is 0 Å². The fourth-order valence-corrected chi connectivity index (χ4v) is 3.06. The van der Waals surface area contributed by atoms with Gasteiger partial charge in [-0.2, -0.15) is 0 Å². The van der Waals surface area contributed by atoms with E-state index in [1.807, 2.05) is 30.5 Å². The van der Waals surface area contributed by atoms with E-state index in [0.29, 0.717) is 0 Å². The number of rotatable bonds is 2. The maximum absolute atomic E-state index is 5.90. The fraction of sp³-hybridized carbons (Fsp3) is 0.250. The summed E-state index contributed by atoms with van der Waals surface area (Å²) in [6.07, 6.45) is 4.21. The zero-order valence-electron chi connectivity index (χ0n) is 14.0. The van der Waals surface area contributed by atoms with Crippen molar-refractivity contribution < 1.29 is 0 Å². The summed E-state index contributed by atoms with van der Waals surface area (Å²) in [4.78, 5) is 6.84.